The lowest BCUT2D eigenvalue weighted by molar-refractivity contribution is 0.0243. The molecule has 1 saturated heterocycles. The van der Waals surface area contributed by atoms with Gasteiger partial charge >= 0.3 is 0 Å². The van der Waals surface area contributed by atoms with Crippen LogP contribution in [0.2, 0.25) is 0 Å². The van der Waals surface area contributed by atoms with Gasteiger partial charge in [-0.2, -0.15) is 0 Å². The van der Waals surface area contributed by atoms with Crippen molar-refractivity contribution in [2.24, 2.45) is 4.99 Å². The molecule has 1 unspecified atom stereocenters. The normalized spacial score (nSPS) is 20.4. The van der Waals surface area contributed by atoms with E-state index < -0.39 is 0 Å². The molecule has 1 aliphatic rings. The van der Waals surface area contributed by atoms with Crippen molar-refractivity contribution in [1.29, 1.82) is 0 Å². The van der Waals surface area contributed by atoms with E-state index in [1.54, 1.807) is 0 Å². The van der Waals surface area contributed by atoms with Crippen LogP contribution in [0.1, 0.15) is 32.3 Å². The molecule has 1 aromatic rings. The van der Waals surface area contributed by atoms with E-state index in [1.807, 2.05) is 31.3 Å². The summed E-state index contributed by atoms with van der Waals surface area (Å²) in [4.78, 5) is 11.0. The van der Waals surface area contributed by atoms with Gasteiger partial charge < -0.3 is 20.3 Å². The first kappa shape index (κ1) is 21.0. The summed E-state index contributed by atoms with van der Waals surface area (Å²) in [5.74, 6) is 1.77. The van der Waals surface area contributed by atoms with Crippen LogP contribution in [-0.4, -0.2) is 50.3 Å². The molecule has 0 aliphatic carbocycles. The van der Waals surface area contributed by atoms with Crippen LogP contribution in [-0.2, 0) is 11.3 Å². The predicted molar refractivity (Wildman–Crippen MR) is 110 cm³/mol. The number of hydrogen-bond donors (Lipinski definition) is 2. The Morgan fingerprint density at radius 1 is 1.42 bits per heavy atom. The number of guanidine groups is 1. The van der Waals surface area contributed by atoms with Gasteiger partial charge in [-0.05, 0) is 44.4 Å². The third kappa shape index (κ3) is 6.43. The molecule has 24 heavy (non-hydrogen) atoms. The van der Waals surface area contributed by atoms with Crippen molar-refractivity contribution in [2.75, 3.05) is 38.7 Å². The first-order valence-electron chi connectivity index (χ1n) is 8.31. The van der Waals surface area contributed by atoms with Crippen LogP contribution in [0.15, 0.2) is 23.3 Å². The second-order valence-corrected chi connectivity index (χ2v) is 6.37. The highest BCUT2D eigenvalue weighted by atomic mass is 127. The van der Waals surface area contributed by atoms with Gasteiger partial charge in [-0.1, -0.05) is 0 Å². The quantitative estimate of drug-likeness (QED) is 0.399. The van der Waals surface area contributed by atoms with Crippen molar-refractivity contribution in [1.82, 2.24) is 15.6 Å². The van der Waals surface area contributed by atoms with Gasteiger partial charge in [0.25, 0.3) is 0 Å². The molecule has 1 aliphatic heterocycles. The Labute approximate surface area is 162 Å². The van der Waals surface area contributed by atoms with Crippen LogP contribution in [0.25, 0.3) is 0 Å². The fourth-order valence-corrected chi connectivity index (χ4v) is 2.56. The first-order valence-corrected chi connectivity index (χ1v) is 8.31. The number of aliphatic imine (C=N–C) groups is 1. The number of aromatic nitrogens is 1. The van der Waals surface area contributed by atoms with Gasteiger partial charge in [0.1, 0.15) is 5.82 Å². The van der Waals surface area contributed by atoms with Crippen molar-refractivity contribution < 1.29 is 4.74 Å². The van der Waals surface area contributed by atoms with E-state index in [1.165, 1.54) is 0 Å². The van der Waals surface area contributed by atoms with Crippen molar-refractivity contribution in [3.63, 3.8) is 0 Å². The molecule has 1 atom stereocenters. The number of ether oxygens (including phenoxy) is 1. The zero-order valence-electron chi connectivity index (χ0n) is 15.1. The van der Waals surface area contributed by atoms with E-state index in [-0.39, 0.29) is 29.6 Å². The molecule has 2 N–H and O–H groups in total. The van der Waals surface area contributed by atoms with Gasteiger partial charge in [-0.15, -0.1) is 24.0 Å². The van der Waals surface area contributed by atoms with E-state index in [2.05, 4.69) is 40.5 Å². The monoisotopic (exact) mass is 447 g/mol. The number of rotatable bonds is 6. The van der Waals surface area contributed by atoms with Crippen molar-refractivity contribution in [3.8, 4) is 0 Å². The topological polar surface area (TPSA) is 61.8 Å². The van der Waals surface area contributed by atoms with Gasteiger partial charge in [0.2, 0.25) is 0 Å². The minimum atomic E-state index is -0.0784. The molecule has 2 heterocycles. The van der Waals surface area contributed by atoms with Crippen molar-refractivity contribution in [2.45, 2.75) is 38.8 Å². The Hall–Kier alpha value is -1.09. The minimum absolute atomic E-state index is 0. The van der Waals surface area contributed by atoms with Crippen LogP contribution in [0, 0.1) is 0 Å². The third-order valence-electron chi connectivity index (χ3n) is 3.96. The number of halogens is 1. The first-order chi connectivity index (χ1) is 11.0. The van der Waals surface area contributed by atoms with E-state index in [0.717, 1.165) is 49.9 Å². The highest BCUT2D eigenvalue weighted by Gasteiger charge is 2.29. The molecular formula is C17H30IN5O. The van der Waals surface area contributed by atoms with Gasteiger partial charge in [-0.3, -0.25) is 0 Å². The molecule has 0 radical (unpaired) electrons. The molecular weight excluding hydrogens is 417 g/mol. The van der Waals surface area contributed by atoms with Crippen LogP contribution in [0.3, 0.4) is 0 Å². The summed E-state index contributed by atoms with van der Waals surface area (Å²) in [6, 6.07) is 4.07. The van der Waals surface area contributed by atoms with E-state index in [9.17, 15) is 0 Å². The zero-order chi connectivity index (χ0) is 16.7. The highest BCUT2D eigenvalue weighted by Crippen LogP contribution is 2.23. The largest absolute Gasteiger partial charge is 0.373 e. The van der Waals surface area contributed by atoms with Gasteiger partial charge in [-0.25, -0.2) is 9.98 Å². The average molecular weight is 447 g/mol. The number of anilines is 1. The number of hydrogen-bond acceptors (Lipinski definition) is 4. The van der Waals surface area contributed by atoms with E-state index in [0.29, 0.717) is 6.54 Å². The van der Waals surface area contributed by atoms with Crippen LogP contribution in [0.5, 0.6) is 0 Å². The summed E-state index contributed by atoms with van der Waals surface area (Å²) in [7, 11) is 3.98. The lowest BCUT2D eigenvalue weighted by Gasteiger charge is -2.24. The summed E-state index contributed by atoms with van der Waals surface area (Å²) in [5.41, 5.74) is 1.06. The standard InChI is InChI=1S/C17H29N5O.HI/c1-5-18-16(21-13-17(2)8-6-10-23-17)20-12-14-7-9-19-15(11-14)22(3)4;/h7,9,11H,5-6,8,10,12-13H2,1-4H3,(H2,18,20,21);1H. The summed E-state index contributed by atoms with van der Waals surface area (Å²) in [6.45, 7) is 7.32. The maximum absolute atomic E-state index is 5.81. The maximum Gasteiger partial charge on any atom is 0.191 e. The fraction of sp³-hybridized carbons (Fsp3) is 0.647. The van der Waals surface area contributed by atoms with Crippen LogP contribution < -0.4 is 15.5 Å². The molecule has 2 rings (SSSR count). The maximum atomic E-state index is 5.81. The van der Waals surface area contributed by atoms with Gasteiger partial charge in [0.05, 0.1) is 12.1 Å². The summed E-state index contributed by atoms with van der Waals surface area (Å²) >= 11 is 0. The van der Waals surface area contributed by atoms with Gasteiger partial charge in [0.15, 0.2) is 5.96 Å². The number of nitrogens with zero attached hydrogens (tertiary/aromatic N) is 3. The molecule has 6 nitrogen and oxygen atoms in total. The molecule has 0 amide bonds. The minimum Gasteiger partial charge on any atom is -0.373 e. The molecule has 1 fully saturated rings. The Morgan fingerprint density at radius 3 is 2.83 bits per heavy atom. The summed E-state index contributed by atoms with van der Waals surface area (Å²) in [6.07, 6.45) is 4.06. The molecule has 1 aromatic heterocycles. The number of pyridine rings is 1. The molecule has 0 bridgehead atoms. The van der Waals surface area contributed by atoms with Crippen molar-refractivity contribution >= 4 is 35.8 Å². The predicted octanol–water partition coefficient (Wildman–Crippen LogP) is 2.39. The van der Waals surface area contributed by atoms with Crippen molar-refractivity contribution in [3.05, 3.63) is 23.9 Å². The average Bonchev–Trinajstić information content (AvgIpc) is 2.97. The molecule has 136 valence electrons. The smallest absolute Gasteiger partial charge is 0.191 e. The summed E-state index contributed by atoms with van der Waals surface area (Å²) in [5, 5.41) is 6.69. The van der Waals surface area contributed by atoms with Crippen LogP contribution in [0.4, 0.5) is 5.82 Å². The molecule has 0 saturated carbocycles. The Bertz CT molecular complexity index is 529. The lowest BCUT2D eigenvalue weighted by Crippen LogP contribution is -2.45. The highest BCUT2D eigenvalue weighted by molar-refractivity contribution is 14.0. The SMILES string of the molecule is CCNC(=NCc1ccnc(N(C)C)c1)NCC1(C)CCCO1.I. The van der Waals surface area contributed by atoms with Gasteiger partial charge in [0, 0.05) is 40.0 Å². The number of nitrogens with one attached hydrogen (secondary N) is 2. The van der Waals surface area contributed by atoms with E-state index in [4.69, 9.17) is 4.74 Å². The van der Waals surface area contributed by atoms with E-state index >= 15 is 0 Å². The fourth-order valence-electron chi connectivity index (χ4n) is 2.56. The third-order valence-corrected chi connectivity index (χ3v) is 3.96. The Kier molecular flexibility index (Phi) is 8.75. The zero-order valence-corrected chi connectivity index (χ0v) is 17.5. The molecule has 7 heteroatoms. The second kappa shape index (κ2) is 10.0. The molecule has 0 spiro atoms. The second-order valence-electron chi connectivity index (χ2n) is 6.37. The Balaban J connectivity index is 0.00000288. The molecule has 0 aromatic carbocycles. The Morgan fingerprint density at radius 2 is 2.21 bits per heavy atom. The summed E-state index contributed by atoms with van der Waals surface area (Å²) < 4.78 is 5.81. The lowest BCUT2D eigenvalue weighted by atomic mass is 10.0. The van der Waals surface area contributed by atoms with Crippen LogP contribution >= 0.6 is 24.0 Å².